The van der Waals surface area contributed by atoms with Crippen LogP contribution in [0.4, 0.5) is 5.69 Å². The molecule has 0 aliphatic rings. The Kier molecular flexibility index (Phi) is 5.10. The number of methoxy groups -OCH3 is 1. The minimum atomic E-state index is -0.192. The molecule has 1 aromatic rings. The van der Waals surface area contributed by atoms with E-state index in [1.807, 2.05) is 19.1 Å². The van der Waals surface area contributed by atoms with Crippen LogP contribution >= 0.6 is 31.9 Å². The normalized spacial score (nSPS) is 11.7. The fourth-order valence-corrected chi connectivity index (χ4v) is 2.48. The molecule has 1 N–H and O–H groups in total. The topological polar surface area (TPSA) is 45.0 Å². The van der Waals surface area contributed by atoms with E-state index in [4.69, 9.17) is 10.00 Å². The highest BCUT2D eigenvalue weighted by Crippen LogP contribution is 2.34. The van der Waals surface area contributed by atoms with Gasteiger partial charge in [0.05, 0.1) is 23.3 Å². The number of nitrogens with zero attached hydrogens (tertiary/aromatic N) is 1. The summed E-state index contributed by atoms with van der Waals surface area (Å²) in [5.74, 6) is 0.735. The molecule has 0 saturated heterocycles. The van der Waals surface area contributed by atoms with Crippen molar-refractivity contribution in [2.24, 2.45) is 0 Å². The first-order chi connectivity index (χ1) is 7.62. The van der Waals surface area contributed by atoms with E-state index in [-0.39, 0.29) is 6.04 Å². The van der Waals surface area contributed by atoms with Gasteiger partial charge in [-0.25, -0.2) is 0 Å². The molecular weight excluding hydrogens is 336 g/mol. The van der Waals surface area contributed by atoms with E-state index < -0.39 is 0 Å². The first-order valence-corrected chi connectivity index (χ1v) is 6.40. The smallest absolute Gasteiger partial charge is 0.135 e. The first-order valence-electron chi connectivity index (χ1n) is 4.81. The van der Waals surface area contributed by atoms with Gasteiger partial charge in [0.2, 0.25) is 0 Å². The second kappa shape index (κ2) is 6.12. The van der Waals surface area contributed by atoms with Crippen molar-refractivity contribution in [2.75, 3.05) is 12.4 Å². The lowest BCUT2D eigenvalue weighted by Gasteiger charge is -2.14. The van der Waals surface area contributed by atoms with Gasteiger partial charge in [0, 0.05) is 10.5 Å². The molecule has 0 radical (unpaired) electrons. The summed E-state index contributed by atoms with van der Waals surface area (Å²) in [6.45, 7) is 1.96. The van der Waals surface area contributed by atoms with E-state index in [0.717, 1.165) is 26.8 Å². The van der Waals surface area contributed by atoms with Crippen LogP contribution in [0.1, 0.15) is 13.3 Å². The molecule has 1 atom stereocenters. The summed E-state index contributed by atoms with van der Waals surface area (Å²) in [5.41, 5.74) is 0.855. The molecule has 86 valence electrons. The molecule has 0 bridgehead atoms. The number of nitriles is 1. The number of benzene rings is 1. The number of nitrogens with one attached hydrogen (secondary N) is 1. The predicted molar refractivity (Wildman–Crippen MR) is 71.7 cm³/mol. The molecule has 1 rings (SSSR count). The minimum absolute atomic E-state index is 0.192. The van der Waals surface area contributed by atoms with Gasteiger partial charge in [-0.15, -0.1) is 0 Å². The first kappa shape index (κ1) is 13.3. The van der Waals surface area contributed by atoms with Crippen LogP contribution < -0.4 is 10.1 Å². The summed E-state index contributed by atoms with van der Waals surface area (Å²) >= 11 is 6.83. The van der Waals surface area contributed by atoms with Crippen LogP contribution in [0.25, 0.3) is 0 Å². The van der Waals surface area contributed by atoms with Gasteiger partial charge < -0.3 is 10.1 Å². The van der Waals surface area contributed by atoms with Crippen molar-refractivity contribution in [3.63, 3.8) is 0 Å². The maximum atomic E-state index is 8.89. The molecule has 0 amide bonds. The summed E-state index contributed by atoms with van der Waals surface area (Å²) in [7, 11) is 1.61. The van der Waals surface area contributed by atoms with E-state index in [2.05, 4.69) is 43.2 Å². The van der Waals surface area contributed by atoms with Crippen LogP contribution in [0.2, 0.25) is 0 Å². The fourth-order valence-electron chi connectivity index (χ4n) is 1.21. The molecule has 16 heavy (non-hydrogen) atoms. The molecule has 0 aliphatic carbocycles. The van der Waals surface area contributed by atoms with Crippen molar-refractivity contribution in [2.45, 2.75) is 19.4 Å². The number of hydrogen-bond acceptors (Lipinski definition) is 3. The van der Waals surface area contributed by atoms with Crippen LogP contribution in [-0.4, -0.2) is 13.2 Å². The molecular formula is C11H12Br2N2O. The van der Waals surface area contributed by atoms with E-state index in [1.165, 1.54) is 0 Å². The highest BCUT2D eigenvalue weighted by atomic mass is 79.9. The van der Waals surface area contributed by atoms with Gasteiger partial charge in [-0.2, -0.15) is 5.26 Å². The van der Waals surface area contributed by atoms with Gasteiger partial charge >= 0.3 is 0 Å². The van der Waals surface area contributed by atoms with Crippen LogP contribution in [0, 0.1) is 11.3 Å². The van der Waals surface area contributed by atoms with Gasteiger partial charge in [0.15, 0.2) is 0 Å². The maximum absolute atomic E-state index is 8.89. The summed E-state index contributed by atoms with van der Waals surface area (Å²) in [6.07, 6.45) is 0.751. The molecule has 3 nitrogen and oxygen atoms in total. The third kappa shape index (κ3) is 3.13. The average molecular weight is 348 g/mol. The monoisotopic (exact) mass is 346 g/mol. The second-order valence-electron chi connectivity index (χ2n) is 3.20. The van der Waals surface area contributed by atoms with Crippen LogP contribution in [0.15, 0.2) is 21.1 Å². The van der Waals surface area contributed by atoms with Crippen molar-refractivity contribution in [1.29, 1.82) is 5.26 Å². The van der Waals surface area contributed by atoms with Crippen LogP contribution in [-0.2, 0) is 0 Å². The number of rotatable bonds is 4. The maximum Gasteiger partial charge on any atom is 0.135 e. The van der Waals surface area contributed by atoms with E-state index in [0.29, 0.717) is 0 Å². The number of hydrogen-bond donors (Lipinski definition) is 1. The van der Waals surface area contributed by atoms with Gasteiger partial charge in [-0.3, -0.25) is 0 Å². The summed E-state index contributed by atoms with van der Waals surface area (Å²) in [5, 5.41) is 12.0. The highest BCUT2D eigenvalue weighted by molar-refractivity contribution is 9.11. The van der Waals surface area contributed by atoms with Gasteiger partial charge in [-0.1, -0.05) is 6.92 Å². The Bertz CT molecular complexity index is 415. The largest absolute Gasteiger partial charge is 0.495 e. The SMILES string of the molecule is CCC(C#N)Nc1cc(OC)c(Br)cc1Br. The molecule has 0 spiro atoms. The third-order valence-electron chi connectivity index (χ3n) is 2.14. The molecule has 0 saturated carbocycles. The summed E-state index contributed by atoms with van der Waals surface area (Å²) < 4.78 is 6.97. The fraction of sp³-hybridized carbons (Fsp3) is 0.364. The van der Waals surface area contributed by atoms with Crippen LogP contribution in [0.3, 0.4) is 0 Å². The van der Waals surface area contributed by atoms with Crippen LogP contribution in [0.5, 0.6) is 5.75 Å². The van der Waals surface area contributed by atoms with E-state index in [9.17, 15) is 0 Å². The number of anilines is 1. The Morgan fingerprint density at radius 2 is 2.12 bits per heavy atom. The Balaban J connectivity index is 3.00. The van der Waals surface area contributed by atoms with Crippen molar-refractivity contribution >= 4 is 37.5 Å². The summed E-state index contributed by atoms with van der Waals surface area (Å²) in [6, 6.07) is 5.75. The zero-order valence-corrected chi connectivity index (χ0v) is 12.2. The zero-order chi connectivity index (χ0) is 12.1. The summed E-state index contributed by atoms with van der Waals surface area (Å²) in [4.78, 5) is 0. The third-order valence-corrected chi connectivity index (χ3v) is 3.41. The predicted octanol–water partition coefficient (Wildman–Crippen LogP) is 3.93. The van der Waals surface area contributed by atoms with Crippen molar-refractivity contribution < 1.29 is 4.74 Å². The molecule has 1 unspecified atom stereocenters. The molecule has 0 aliphatic heterocycles. The van der Waals surface area contributed by atoms with E-state index >= 15 is 0 Å². The standard InChI is InChI=1S/C11H12Br2N2O/c1-3-7(6-14)15-10-5-11(16-2)9(13)4-8(10)12/h4-5,7,15H,3H2,1-2H3. The molecule has 1 aromatic carbocycles. The lowest BCUT2D eigenvalue weighted by molar-refractivity contribution is 0.412. The Labute approximate surface area is 112 Å². The lowest BCUT2D eigenvalue weighted by Crippen LogP contribution is -2.16. The average Bonchev–Trinajstić information content (AvgIpc) is 2.28. The van der Waals surface area contributed by atoms with Crippen molar-refractivity contribution in [3.05, 3.63) is 21.1 Å². The van der Waals surface area contributed by atoms with E-state index in [1.54, 1.807) is 7.11 Å². The van der Waals surface area contributed by atoms with Gasteiger partial charge in [-0.05, 0) is 44.3 Å². The van der Waals surface area contributed by atoms with Crippen molar-refractivity contribution in [3.8, 4) is 11.8 Å². The highest BCUT2D eigenvalue weighted by Gasteiger charge is 2.10. The molecule has 0 aromatic heterocycles. The van der Waals surface area contributed by atoms with Gasteiger partial charge in [0.1, 0.15) is 11.8 Å². The minimum Gasteiger partial charge on any atom is -0.495 e. The zero-order valence-electron chi connectivity index (χ0n) is 9.05. The Hall–Kier alpha value is -0.730. The quantitative estimate of drug-likeness (QED) is 0.897. The lowest BCUT2D eigenvalue weighted by atomic mass is 10.2. The number of halogens is 2. The van der Waals surface area contributed by atoms with Crippen molar-refractivity contribution in [1.82, 2.24) is 0 Å². The molecule has 0 fully saturated rings. The Morgan fingerprint density at radius 1 is 1.44 bits per heavy atom. The van der Waals surface area contributed by atoms with Gasteiger partial charge in [0.25, 0.3) is 0 Å². The molecule has 0 heterocycles. The molecule has 5 heteroatoms. The second-order valence-corrected chi connectivity index (χ2v) is 4.91. The Morgan fingerprint density at radius 3 is 2.62 bits per heavy atom. The number of ether oxygens (including phenoxy) is 1.